The molecule has 0 unspecified atom stereocenters. The molecule has 0 atom stereocenters. The van der Waals surface area contributed by atoms with Gasteiger partial charge in [-0.05, 0) is 39.5 Å². The summed E-state index contributed by atoms with van der Waals surface area (Å²) < 4.78 is 1.42. The van der Waals surface area contributed by atoms with E-state index in [1.807, 2.05) is 0 Å². The average Bonchev–Trinajstić information content (AvgIpc) is 3.81. The third-order valence-corrected chi connectivity index (χ3v) is 12.1. The van der Waals surface area contributed by atoms with Crippen LogP contribution in [0.2, 0.25) is 0 Å². The van der Waals surface area contributed by atoms with E-state index in [9.17, 15) is 0 Å². The quantitative estimate of drug-likeness (QED) is 0.155. The van der Waals surface area contributed by atoms with Crippen molar-refractivity contribution in [2.45, 2.75) is 91.9 Å². The SMILES string of the molecule is CC(C)(C)c1cc2c([c-]c1-c1ccccc1)Cc1cc(-c3ccccc3)c(C(C)(C)C)cc1-2.Cc1cc(C(C)(C)C)c[cH-]1.[Cl-].[Cl-].[Zr+2]=[C](c1ccccc1)c1ccccc1. The topological polar surface area (TPSA) is 0 Å². The minimum absolute atomic E-state index is 0. The van der Waals surface area contributed by atoms with Crippen LogP contribution in [-0.2, 0) is 46.9 Å². The van der Waals surface area contributed by atoms with Crippen LogP contribution in [0.3, 0.4) is 0 Å². The van der Waals surface area contributed by atoms with Crippen molar-refractivity contribution in [1.82, 2.24) is 0 Å². The molecule has 0 saturated carbocycles. The second-order valence-corrected chi connectivity index (χ2v) is 19.7. The second-order valence-electron chi connectivity index (χ2n) is 18.4. The number of fused-ring (bicyclic) bond motifs is 3. The first-order valence-corrected chi connectivity index (χ1v) is 21.5. The van der Waals surface area contributed by atoms with Crippen LogP contribution in [0.5, 0.6) is 0 Å². The van der Waals surface area contributed by atoms with Crippen LogP contribution in [-0.4, -0.2) is 3.21 Å². The minimum atomic E-state index is 0. The van der Waals surface area contributed by atoms with Crippen molar-refractivity contribution in [1.29, 1.82) is 0 Å². The van der Waals surface area contributed by atoms with Gasteiger partial charge in [-0.15, -0.1) is 28.8 Å². The van der Waals surface area contributed by atoms with Crippen molar-refractivity contribution in [2.75, 3.05) is 0 Å². The van der Waals surface area contributed by atoms with E-state index in [2.05, 4.69) is 233 Å². The molecule has 7 aromatic carbocycles. The molecule has 1 aliphatic carbocycles. The van der Waals surface area contributed by atoms with Crippen molar-refractivity contribution in [3.63, 3.8) is 0 Å². The fourth-order valence-corrected chi connectivity index (χ4v) is 8.33. The number of benzene rings is 6. The summed E-state index contributed by atoms with van der Waals surface area (Å²) >= 11 is 1.46. The summed E-state index contributed by atoms with van der Waals surface area (Å²) in [4.78, 5) is 0. The first-order valence-electron chi connectivity index (χ1n) is 20.3. The van der Waals surface area contributed by atoms with Gasteiger partial charge in [-0.3, -0.25) is 0 Å². The van der Waals surface area contributed by atoms with Crippen molar-refractivity contribution < 1.29 is 49.0 Å². The summed E-state index contributed by atoms with van der Waals surface area (Å²) in [7, 11) is 0. The molecule has 0 spiro atoms. The van der Waals surface area contributed by atoms with E-state index in [0.29, 0.717) is 5.41 Å². The van der Waals surface area contributed by atoms with E-state index in [4.69, 9.17) is 0 Å². The maximum atomic E-state index is 3.88. The van der Waals surface area contributed by atoms with Gasteiger partial charge in [0.05, 0.1) is 0 Å². The molecule has 3 heteroatoms. The van der Waals surface area contributed by atoms with Crippen LogP contribution in [0.1, 0.15) is 107 Å². The van der Waals surface area contributed by atoms with E-state index in [1.54, 1.807) is 0 Å². The predicted octanol–water partition coefficient (Wildman–Crippen LogP) is 8.81. The Kier molecular flexibility index (Phi) is 16.2. The Balaban J connectivity index is 0.000000243. The van der Waals surface area contributed by atoms with Crippen LogP contribution in [0.4, 0.5) is 0 Å². The standard InChI is InChI=1S/C33H33.C13H10.C10H15.2ClH.Zr/c1-32(2,3)30-20-26-24(18-28(30)22-13-9-7-10-14-22)17-25-19-29(23-15-11-8-12-16-23)31(21-27(25)26)33(4,5)6;1-3-7-12(8-4-1)11-13-9-5-2-6-10-13;1-8-5-6-9(7-8)10(2,3)4;;;/h7-16,18,20-21H,17H2,1-6H3;1-10H;5-7H,1-4H3;2*1H;/q-1;;-1;;;+2/p-2. The third-order valence-electron chi connectivity index (χ3n) is 10.7. The van der Waals surface area contributed by atoms with E-state index >= 15 is 0 Å². The number of hydrogen-bond acceptors (Lipinski definition) is 0. The van der Waals surface area contributed by atoms with E-state index < -0.39 is 0 Å². The van der Waals surface area contributed by atoms with E-state index in [1.165, 1.54) is 105 Å². The molecule has 1 aliphatic rings. The molecule has 0 N–H and O–H groups in total. The Morgan fingerprint density at radius 1 is 0.525 bits per heavy atom. The number of aryl methyl sites for hydroxylation is 1. The first-order chi connectivity index (χ1) is 27.0. The average molecular weight is 893 g/mol. The molecule has 302 valence electrons. The molecule has 0 amide bonds. The molecule has 0 nitrogen and oxygen atoms in total. The first kappa shape index (κ1) is 47.7. The number of halogens is 2. The zero-order chi connectivity index (χ0) is 41.0. The Labute approximate surface area is 383 Å². The van der Waals surface area contributed by atoms with Gasteiger partial charge in [0.15, 0.2) is 0 Å². The predicted molar refractivity (Wildman–Crippen MR) is 243 cm³/mol. The van der Waals surface area contributed by atoms with Crippen molar-refractivity contribution in [3.8, 4) is 33.4 Å². The fraction of sp³-hybridized carbons (Fsp3) is 0.250. The zero-order valence-electron chi connectivity index (χ0n) is 36.5. The molecule has 0 fully saturated rings. The van der Waals surface area contributed by atoms with Crippen LogP contribution >= 0.6 is 0 Å². The van der Waals surface area contributed by atoms with Gasteiger partial charge < -0.3 is 24.8 Å². The van der Waals surface area contributed by atoms with Crippen LogP contribution < -0.4 is 24.8 Å². The molecule has 7 aromatic rings. The Hall–Kier alpha value is -4.00. The van der Waals surface area contributed by atoms with Crippen molar-refractivity contribution in [3.05, 3.63) is 208 Å². The van der Waals surface area contributed by atoms with Gasteiger partial charge in [-0.1, -0.05) is 164 Å². The van der Waals surface area contributed by atoms with Gasteiger partial charge in [0.2, 0.25) is 0 Å². The molecule has 0 bridgehead atoms. The van der Waals surface area contributed by atoms with Crippen LogP contribution in [0.15, 0.2) is 158 Å². The van der Waals surface area contributed by atoms with Gasteiger partial charge >= 0.3 is 99.2 Å². The van der Waals surface area contributed by atoms with Crippen molar-refractivity contribution >= 4 is 3.21 Å². The van der Waals surface area contributed by atoms with E-state index in [-0.39, 0.29) is 35.6 Å². The van der Waals surface area contributed by atoms with Crippen LogP contribution in [0, 0.1) is 13.0 Å². The summed E-state index contributed by atoms with van der Waals surface area (Å²) in [6.07, 6.45) is 0.944. The zero-order valence-corrected chi connectivity index (χ0v) is 40.4. The molecule has 0 aromatic heterocycles. The van der Waals surface area contributed by atoms with Crippen molar-refractivity contribution in [2.24, 2.45) is 0 Å². The van der Waals surface area contributed by atoms with Gasteiger partial charge in [-0.25, -0.2) is 6.07 Å². The molecular formula is C56H58Cl2Zr-2. The molecule has 0 aliphatic heterocycles. The second kappa shape index (κ2) is 20.0. The molecule has 0 saturated heterocycles. The fourth-order valence-electron chi connectivity index (χ4n) is 7.51. The number of rotatable bonds is 4. The number of hydrogen-bond donors (Lipinski definition) is 0. The summed E-state index contributed by atoms with van der Waals surface area (Å²) in [6.45, 7) is 22.7. The van der Waals surface area contributed by atoms with Gasteiger partial charge in [0.1, 0.15) is 0 Å². The molecule has 8 rings (SSSR count). The van der Waals surface area contributed by atoms with Crippen LogP contribution in [0.25, 0.3) is 33.4 Å². The Morgan fingerprint density at radius 3 is 1.41 bits per heavy atom. The molecule has 0 radical (unpaired) electrons. The van der Waals surface area contributed by atoms with Gasteiger partial charge in [0, 0.05) is 0 Å². The normalized spacial score (nSPS) is 11.7. The summed E-state index contributed by atoms with van der Waals surface area (Å²) in [5.74, 6) is 0. The maximum absolute atomic E-state index is 3.88. The van der Waals surface area contributed by atoms with Gasteiger partial charge in [0.25, 0.3) is 0 Å². The monoisotopic (exact) mass is 890 g/mol. The van der Waals surface area contributed by atoms with E-state index in [0.717, 1.165) is 6.42 Å². The van der Waals surface area contributed by atoms with Gasteiger partial charge in [-0.2, -0.15) is 23.3 Å². The summed E-state index contributed by atoms with van der Waals surface area (Å²) in [5, 5.41) is 0. The molecule has 0 heterocycles. The Bertz CT molecular complexity index is 2270. The third kappa shape index (κ3) is 11.9. The molecular weight excluding hydrogens is 835 g/mol. The Morgan fingerprint density at radius 2 is 0.983 bits per heavy atom. The summed E-state index contributed by atoms with van der Waals surface area (Å²) in [5.41, 5.74) is 19.3. The summed E-state index contributed by atoms with van der Waals surface area (Å²) in [6, 6.07) is 60.6. The molecule has 59 heavy (non-hydrogen) atoms.